The lowest BCUT2D eigenvalue weighted by Gasteiger charge is -1.88. The first-order valence-corrected chi connectivity index (χ1v) is 5.23. The lowest BCUT2D eigenvalue weighted by atomic mass is 10.3. The summed E-state index contributed by atoms with van der Waals surface area (Å²) in [6.45, 7) is 0. The number of fused-ring (bicyclic) bond motifs is 1. The Morgan fingerprint density at radius 3 is 3.07 bits per heavy atom. The van der Waals surface area contributed by atoms with Crippen LogP contribution in [0.3, 0.4) is 0 Å². The zero-order chi connectivity index (χ0) is 10.8. The van der Waals surface area contributed by atoms with Crippen LogP contribution in [-0.2, 0) is 11.2 Å². The van der Waals surface area contributed by atoms with Gasteiger partial charge in [0.25, 0.3) is 0 Å². The minimum atomic E-state index is -0.847. The van der Waals surface area contributed by atoms with Gasteiger partial charge in [-0.1, -0.05) is 0 Å². The summed E-state index contributed by atoms with van der Waals surface area (Å²) in [7, 11) is 0. The summed E-state index contributed by atoms with van der Waals surface area (Å²) in [6.07, 6.45) is 0.457. The molecular formula is C10H8FNO2S. The van der Waals surface area contributed by atoms with Gasteiger partial charge >= 0.3 is 5.97 Å². The molecular weight excluding hydrogens is 217 g/mol. The molecule has 1 aromatic carbocycles. The van der Waals surface area contributed by atoms with Gasteiger partial charge in [0.1, 0.15) is 5.82 Å². The van der Waals surface area contributed by atoms with Gasteiger partial charge in [-0.05, 0) is 12.1 Å². The summed E-state index contributed by atoms with van der Waals surface area (Å²) in [5.41, 5.74) is 0.598. The van der Waals surface area contributed by atoms with Gasteiger partial charge in [0, 0.05) is 12.5 Å². The molecule has 3 nitrogen and oxygen atoms in total. The fraction of sp³-hybridized carbons (Fsp3) is 0.200. The first kappa shape index (κ1) is 10.0. The molecule has 0 unspecified atom stereocenters. The number of aryl methyl sites for hydroxylation is 1. The molecule has 1 aromatic heterocycles. The average Bonchev–Trinajstić information content (AvgIpc) is 2.56. The molecule has 15 heavy (non-hydrogen) atoms. The summed E-state index contributed by atoms with van der Waals surface area (Å²) in [5.74, 6) is -1.17. The maximum atomic E-state index is 12.8. The van der Waals surface area contributed by atoms with E-state index >= 15 is 0 Å². The first-order chi connectivity index (χ1) is 7.15. The predicted molar refractivity (Wildman–Crippen MR) is 55.5 cm³/mol. The Morgan fingerprint density at radius 2 is 2.33 bits per heavy atom. The largest absolute Gasteiger partial charge is 0.481 e. The Kier molecular flexibility index (Phi) is 2.64. The molecule has 5 heteroatoms. The van der Waals surface area contributed by atoms with Gasteiger partial charge in [-0.2, -0.15) is 0 Å². The molecule has 2 aromatic rings. The highest BCUT2D eigenvalue weighted by Crippen LogP contribution is 2.23. The van der Waals surface area contributed by atoms with Crippen LogP contribution in [0, 0.1) is 5.82 Å². The van der Waals surface area contributed by atoms with Crippen molar-refractivity contribution in [1.29, 1.82) is 0 Å². The van der Waals surface area contributed by atoms with Crippen LogP contribution >= 0.6 is 11.3 Å². The zero-order valence-corrected chi connectivity index (χ0v) is 8.55. The number of carbonyl (C=O) groups is 1. The number of carboxylic acids is 1. The van der Waals surface area contributed by atoms with Gasteiger partial charge in [-0.15, -0.1) is 11.3 Å². The third-order valence-corrected chi connectivity index (χ3v) is 3.04. The molecule has 0 amide bonds. The Morgan fingerprint density at radius 1 is 1.53 bits per heavy atom. The van der Waals surface area contributed by atoms with Crippen LogP contribution in [0.5, 0.6) is 0 Å². The number of aliphatic carboxylic acids is 1. The van der Waals surface area contributed by atoms with Crippen LogP contribution in [0.2, 0.25) is 0 Å². The Balaban J connectivity index is 2.27. The van der Waals surface area contributed by atoms with Crippen molar-refractivity contribution in [3.8, 4) is 0 Å². The van der Waals surface area contributed by atoms with Crippen LogP contribution < -0.4 is 0 Å². The molecule has 0 bridgehead atoms. The van der Waals surface area contributed by atoms with E-state index in [-0.39, 0.29) is 12.2 Å². The van der Waals surface area contributed by atoms with Crippen LogP contribution in [0.1, 0.15) is 11.4 Å². The molecule has 0 aliphatic carbocycles. The smallest absolute Gasteiger partial charge is 0.303 e. The highest BCUT2D eigenvalue weighted by molar-refractivity contribution is 7.18. The summed E-state index contributed by atoms with van der Waals surface area (Å²) >= 11 is 1.41. The predicted octanol–water partition coefficient (Wildman–Crippen LogP) is 2.45. The molecule has 0 radical (unpaired) electrons. The Bertz CT molecular complexity index is 509. The number of rotatable bonds is 3. The highest BCUT2D eigenvalue weighted by atomic mass is 32.1. The molecule has 0 spiro atoms. The molecule has 0 aliphatic rings. The number of aromatic nitrogens is 1. The van der Waals surface area contributed by atoms with Crippen molar-refractivity contribution >= 4 is 27.5 Å². The fourth-order valence-corrected chi connectivity index (χ4v) is 2.22. The Labute approximate surface area is 89.2 Å². The van der Waals surface area contributed by atoms with Crippen LogP contribution in [-0.4, -0.2) is 16.1 Å². The monoisotopic (exact) mass is 225 g/mol. The van der Waals surface area contributed by atoms with E-state index in [1.54, 1.807) is 6.07 Å². The molecule has 0 fully saturated rings. The minimum absolute atomic E-state index is 0.0578. The van der Waals surface area contributed by atoms with Gasteiger partial charge in [-0.25, -0.2) is 9.37 Å². The van der Waals surface area contributed by atoms with Crippen molar-refractivity contribution in [2.75, 3.05) is 0 Å². The van der Waals surface area contributed by atoms with E-state index in [4.69, 9.17) is 5.11 Å². The summed E-state index contributed by atoms with van der Waals surface area (Å²) in [4.78, 5) is 14.5. The van der Waals surface area contributed by atoms with Crippen LogP contribution in [0.15, 0.2) is 18.2 Å². The van der Waals surface area contributed by atoms with E-state index in [2.05, 4.69) is 4.98 Å². The van der Waals surface area contributed by atoms with Crippen molar-refractivity contribution in [2.45, 2.75) is 12.8 Å². The van der Waals surface area contributed by atoms with Crippen molar-refractivity contribution in [2.24, 2.45) is 0 Å². The van der Waals surface area contributed by atoms with E-state index in [0.29, 0.717) is 11.9 Å². The second-order valence-electron chi connectivity index (χ2n) is 3.11. The van der Waals surface area contributed by atoms with Crippen molar-refractivity contribution in [3.05, 3.63) is 29.0 Å². The maximum absolute atomic E-state index is 12.8. The lowest BCUT2D eigenvalue weighted by Crippen LogP contribution is -1.96. The number of hydrogen-bond donors (Lipinski definition) is 1. The van der Waals surface area contributed by atoms with E-state index < -0.39 is 5.97 Å². The quantitative estimate of drug-likeness (QED) is 0.872. The number of nitrogens with zero attached hydrogens (tertiary/aromatic N) is 1. The third kappa shape index (κ3) is 2.30. The zero-order valence-electron chi connectivity index (χ0n) is 7.74. The van der Waals surface area contributed by atoms with Crippen LogP contribution in [0.25, 0.3) is 10.2 Å². The topological polar surface area (TPSA) is 50.2 Å². The first-order valence-electron chi connectivity index (χ1n) is 4.42. The number of hydrogen-bond acceptors (Lipinski definition) is 3. The van der Waals surface area contributed by atoms with Crippen LogP contribution in [0.4, 0.5) is 4.39 Å². The van der Waals surface area contributed by atoms with Gasteiger partial charge in [0.05, 0.1) is 21.6 Å². The summed E-state index contributed by atoms with van der Waals surface area (Å²) in [6, 6.07) is 4.39. The standard InChI is InChI=1S/C10H8FNO2S/c11-6-1-2-8-7(5-6)12-9(15-8)3-4-10(13)14/h1-2,5H,3-4H2,(H,13,14). The highest BCUT2D eigenvalue weighted by Gasteiger charge is 2.06. The van der Waals surface area contributed by atoms with Crippen molar-refractivity contribution in [3.63, 3.8) is 0 Å². The molecule has 1 heterocycles. The molecule has 0 saturated carbocycles. The van der Waals surface area contributed by atoms with Crippen molar-refractivity contribution in [1.82, 2.24) is 4.98 Å². The third-order valence-electron chi connectivity index (χ3n) is 1.95. The number of carboxylic acid groups (broad SMARTS) is 1. The Hall–Kier alpha value is -1.49. The second-order valence-corrected chi connectivity index (χ2v) is 4.23. The summed E-state index contributed by atoms with van der Waals surface area (Å²) in [5, 5.41) is 9.24. The minimum Gasteiger partial charge on any atom is -0.481 e. The van der Waals surface area contributed by atoms with Gasteiger partial charge in [0.15, 0.2) is 0 Å². The van der Waals surface area contributed by atoms with E-state index in [1.807, 2.05) is 0 Å². The fourth-order valence-electron chi connectivity index (χ4n) is 1.27. The SMILES string of the molecule is O=C(O)CCc1nc2cc(F)ccc2s1. The van der Waals surface area contributed by atoms with Gasteiger partial charge in [-0.3, -0.25) is 4.79 Å². The van der Waals surface area contributed by atoms with E-state index in [0.717, 1.165) is 9.71 Å². The maximum Gasteiger partial charge on any atom is 0.303 e. The number of benzene rings is 1. The molecule has 78 valence electrons. The normalized spacial score (nSPS) is 10.7. The number of thiazole rings is 1. The molecule has 0 saturated heterocycles. The molecule has 2 rings (SSSR count). The molecule has 0 aliphatic heterocycles. The lowest BCUT2D eigenvalue weighted by molar-refractivity contribution is -0.136. The van der Waals surface area contributed by atoms with Crippen molar-refractivity contribution < 1.29 is 14.3 Å². The van der Waals surface area contributed by atoms with Gasteiger partial charge in [0.2, 0.25) is 0 Å². The summed E-state index contributed by atoms with van der Waals surface area (Å²) < 4.78 is 13.7. The van der Waals surface area contributed by atoms with E-state index in [1.165, 1.54) is 23.5 Å². The number of halogens is 1. The van der Waals surface area contributed by atoms with E-state index in [9.17, 15) is 9.18 Å². The van der Waals surface area contributed by atoms with Gasteiger partial charge < -0.3 is 5.11 Å². The molecule has 0 atom stereocenters. The molecule has 1 N–H and O–H groups in total. The average molecular weight is 225 g/mol. The second kappa shape index (κ2) is 3.94.